The van der Waals surface area contributed by atoms with Crippen LogP contribution in [0.1, 0.15) is 44.1 Å². The number of aryl methyl sites for hydroxylation is 1. The highest BCUT2D eigenvalue weighted by atomic mass is 35.5. The van der Waals surface area contributed by atoms with E-state index in [1.54, 1.807) is 22.8 Å². The third-order valence-electron chi connectivity index (χ3n) is 4.27. The first kappa shape index (κ1) is 17.6. The van der Waals surface area contributed by atoms with Crippen molar-refractivity contribution in [2.75, 3.05) is 0 Å². The van der Waals surface area contributed by atoms with E-state index in [1.807, 2.05) is 25.1 Å². The zero-order valence-electron chi connectivity index (χ0n) is 14.5. The number of unbranched alkanes of at least 4 members (excludes halogenated alkanes) is 1. The minimum Gasteiger partial charge on any atom is -0.322 e. The van der Waals surface area contributed by atoms with Crippen LogP contribution in [-0.2, 0) is 6.42 Å². The molecule has 5 heteroatoms. The monoisotopic (exact) mass is 355 g/mol. The Morgan fingerprint density at radius 3 is 2.72 bits per heavy atom. The van der Waals surface area contributed by atoms with Crippen LogP contribution in [0.25, 0.3) is 16.6 Å². The Hall–Kier alpha value is -2.17. The highest BCUT2D eigenvalue weighted by Gasteiger charge is 2.17. The molecule has 130 valence electrons. The Labute approximate surface area is 152 Å². The average Bonchev–Trinajstić information content (AvgIpc) is 2.59. The Kier molecular flexibility index (Phi) is 5.21. The van der Waals surface area contributed by atoms with Gasteiger partial charge in [-0.15, -0.1) is 0 Å². The van der Waals surface area contributed by atoms with Gasteiger partial charge in [-0.1, -0.05) is 43.1 Å². The molecule has 4 nitrogen and oxygen atoms in total. The van der Waals surface area contributed by atoms with Crippen molar-refractivity contribution in [2.24, 2.45) is 5.73 Å². The van der Waals surface area contributed by atoms with Gasteiger partial charge in [0.15, 0.2) is 0 Å². The molecule has 25 heavy (non-hydrogen) atoms. The number of benzene rings is 2. The van der Waals surface area contributed by atoms with Gasteiger partial charge in [0, 0.05) is 0 Å². The lowest BCUT2D eigenvalue weighted by molar-refractivity contribution is 0.695. The summed E-state index contributed by atoms with van der Waals surface area (Å²) in [7, 11) is 0. The molecule has 3 aromatic rings. The molecule has 0 saturated heterocycles. The standard InChI is InChI=1S/C20H22ClN3O/c1-3-4-7-14-8-5-9-15(12-14)24-19(13(2)22)23-17-11-6-10-16(21)18(17)20(24)25/h5-6,8-13H,3-4,7,22H2,1-2H3. The van der Waals surface area contributed by atoms with Crippen molar-refractivity contribution in [3.8, 4) is 5.69 Å². The number of rotatable bonds is 5. The van der Waals surface area contributed by atoms with Crippen molar-refractivity contribution in [1.29, 1.82) is 0 Å². The maximum Gasteiger partial charge on any atom is 0.267 e. The first-order chi connectivity index (χ1) is 12.0. The third kappa shape index (κ3) is 3.46. The van der Waals surface area contributed by atoms with Crippen molar-refractivity contribution in [3.05, 3.63) is 69.2 Å². The SMILES string of the molecule is CCCCc1cccc(-n2c(C(C)N)nc3cccc(Cl)c3c2=O)c1. The van der Waals surface area contributed by atoms with Gasteiger partial charge in [0.05, 0.1) is 27.7 Å². The topological polar surface area (TPSA) is 60.9 Å². The van der Waals surface area contributed by atoms with Crippen LogP contribution in [0, 0.1) is 0 Å². The lowest BCUT2D eigenvalue weighted by Gasteiger charge is -2.17. The Morgan fingerprint density at radius 2 is 2.00 bits per heavy atom. The molecule has 0 saturated carbocycles. The highest BCUT2D eigenvalue weighted by molar-refractivity contribution is 6.35. The van der Waals surface area contributed by atoms with Crippen LogP contribution in [0.3, 0.4) is 0 Å². The largest absolute Gasteiger partial charge is 0.322 e. The first-order valence-corrected chi connectivity index (χ1v) is 8.96. The van der Waals surface area contributed by atoms with E-state index in [0.717, 1.165) is 24.9 Å². The third-order valence-corrected chi connectivity index (χ3v) is 4.58. The van der Waals surface area contributed by atoms with Gasteiger partial charge in [-0.2, -0.15) is 0 Å². The predicted octanol–water partition coefficient (Wildman–Crippen LogP) is 4.40. The summed E-state index contributed by atoms with van der Waals surface area (Å²) in [6, 6.07) is 12.9. The fourth-order valence-corrected chi connectivity index (χ4v) is 3.24. The second kappa shape index (κ2) is 7.38. The Balaban J connectivity index is 2.28. The second-order valence-electron chi connectivity index (χ2n) is 6.31. The van der Waals surface area contributed by atoms with Crippen LogP contribution in [0.5, 0.6) is 0 Å². The van der Waals surface area contributed by atoms with E-state index >= 15 is 0 Å². The molecule has 1 unspecified atom stereocenters. The normalized spacial score (nSPS) is 12.5. The van der Waals surface area contributed by atoms with Crippen molar-refractivity contribution < 1.29 is 0 Å². The summed E-state index contributed by atoms with van der Waals surface area (Å²) in [6.07, 6.45) is 3.22. The molecular weight excluding hydrogens is 334 g/mol. The zero-order chi connectivity index (χ0) is 18.0. The molecular formula is C20H22ClN3O. The van der Waals surface area contributed by atoms with Crippen molar-refractivity contribution >= 4 is 22.5 Å². The molecule has 0 aliphatic rings. The quantitative estimate of drug-likeness (QED) is 0.737. The maximum absolute atomic E-state index is 13.2. The molecule has 1 heterocycles. The number of hydrogen-bond donors (Lipinski definition) is 1. The summed E-state index contributed by atoms with van der Waals surface area (Å²) in [5, 5.41) is 0.828. The van der Waals surface area contributed by atoms with E-state index in [1.165, 1.54) is 5.56 Å². The van der Waals surface area contributed by atoms with Crippen LogP contribution >= 0.6 is 11.6 Å². The second-order valence-corrected chi connectivity index (χ2v) is 6.71. The number of hydrogen-bond acceptors (Lipinski definition) is 3. The molecule has 1 atom stereocenters. The summed E-state index contributed by atoms with van der Waals surface area (Å²) in [5.74, 6) is 0.535. The first-order valence-electron chi connectivity index (χ1n) is 8.59. The molecule has 2 N–H and O–H groups in total. The fourth-order valence-electron chi connectivity index (χ4n) is 2.99. The lowest BCUT2D eigenvalue weighted by Crippen LogP contribution is -2.27. The number of aromatic nitrogens is 2. The number of nitrogens with two attached hydrogens (primary N) is 1. The van der Waals surface area contributed by atoms with Gasteiger partial charge in [-0.05, 0) is 49.6 Å². The fraction of sp³-hybridized carbons (Fsp3) is 0.300. The van der Waals surface area contributed by atoms with Crippen LogP contribution in [0.15, 0.2) is 47.3 Å². The molecule has 0 spiro atoms. The molecule has 3 rings (SSSR count). The van der Waals surface area contributed by atoms with Crippen molar-refractivity contribution in [3.63, 3.8) is 0 Å². The summed E-state index contributed by atoms with van der Waals surface area (Å²) < 4.78 is 1.59. The van der Waals surface area contributed by atoms with Crippen LogP contribution in [0.2, 0.25) is 5.02 Å². The molecule has 0 aliphatic carbocycles. The van der Waals surface area contributed by atoms with Crippen LogP contribution in [-0.4, -0.2) is 9.55 Å². The predicted molar refractivity (Wildman–Crippen MR) is 104 cm³/mol. The lowest BCUT2D eigenvalue weighted by atomic mass is 10.1. The number of fused-ring (bicyclic) bond motifs is 1. The zero-order valence-corrected chi connectivity index (χ0v) is 15.3. The van der Waals surface area contributed by atoms with Gasteiger partial charge < -0.3 is 5.73 Å². The molecule has 0 radical (unpaired) electrons. The molecule has 2 aromatic carbocycles. The molecule has 0 bridgehead atoms. The van der Waals surface area contributed by atoms with Gasteiger partial charge in [0.1, 0.15) is 5.82 Å². The number of nitrogens with zero attached hydrogens (tertiary/aromatic N) is 2. The van der Waals surface area contributed by atoms with Gasteiger partial charge in [-0.3, -0.25) is 9.36 Å². The molecule has 1 aromatic heterocycles. The number of halogens is 1. The van der Waals surface area contributed by atoms with E-state index in [4.69, 9.17) is 17.3 Å². The van der Waals surface area contributed by atoms with E-state index in [2.05, 4.69) is 18.0 Å². The van der Waals surface area contributed by atoms with Gasteiger partial charge in [0.25, 0.3) is 5.56 Å². The minimum absolute atomic E-state index is 0.185. The summed E-state index contributed by atoms with van der Waals surface area (Å²) in [6.45, 7) is 3.99. The van der Waals surface area contributed by atoms with Crippen LogP contribution < -0.4 is 11.3 Å². The van der Waals surface area contributed by atoms with Gasteiger partial charge in [-0.25, -0.2) is 4.98 Å². The maximum atomic E-state index is 13.2. The molecule has 0 amide bonds. The highest BCUT2D eigenvalue weighted by Crippen LogP contribution is 2.22. The van der Waals surface area contributed by atoms with E-state index in [0.29, 0.717) is 21.7 Å². The molecule has 0 aliphatic heterocycles. The van der Waals surface area contributed by atoms with E-state index in [-0.39, 0.29) is 11.6 Å². The average molecular weight is 356 g/mol. The summed E-state index contributed by atoms with van der Waals surface area (Å²) >= 11 is 6.27. The summed E-state index contributed by atoms with van der Waals surface area (Å²) in [4.78, 5) is 17.8. The smallest absolute Gasteiger partial charge is 0.267 e. The Morgan fingerprint density at radius 1 is 1.24 bits per heavy atom. The van der Waals surface area contributed by atoms with E-state index in [9.17, 15) is 4.79 Å². The van der Waals surface area contributed by atoms with Crippen LogP contribution in [0.4, 0.5) is 0 Å². The van der Waals surface area contributed by atoms with Gasteiger partial charge >= 0.3 is 0 Å². The minimum atomic E-state index is -0.379. The van der Waals surface area contributed by atoms with Crippen molar-refractivity contribution in [1.82, 2.24) is 9.55 Å². The van der Waals surface area contributed by atoms with Crippen molar-refractivity contribution in [2.45, 2.75) is 39.2 Å². The Bertz CT molecular complexity index is 963. The molecule has 0 fully saturated rings. The van der Waals surface area contributed by atoms with E-state index < -0.39 is 0 Å². The summed E-state index contributed by atoms with van der Waals surface area (Å²) in [5.41, 5.74) is 8.47. The van der Waals surface area contributed by atoms with Gasteiger partial charge in [0.2, 0.25) is 0 Å².